The normalized spacial score (nSPS) is 11.6. The lowest BCUT2D eigenvalue weighted by atomic mass is 9.96. The van der Waals surface area contributed by atoms with Crippen molar-refractivity contribution in [2.24, 2.45) is 0 Å². The van der Waals surface area contributed by atoms with Crippen LogP contribution in [0.3, 0.4) is 0 Å². The summed E-state index contributed by atoms with van der Waals surface area (Å²) in [7, 11) is 0. The zero-order valence-electron chi connectivity index (χ0n) is 10.6. The van der Waals surface area contributed by atoms with E-state index in [4.69, 9.17) is 0 Å². The smallest absolute Gasteiger partial charge is 0.294 e. The molecule has 1 rings (SSSR count). The van der Waals surface area contributed by atoms with Crippen molar-refractivity contribution in [1.29, 1.82) is 0 Å². The van der Waals surface area contributed by atoms with Crippen molar-refractivity contribution in [3.05, 3.63) is 34.9 Å². The van der Waals surface area contributed by atoms with Gasteiger partial charge in [0.15, 0.2) is 5.78 Å². The SMILES string of the molecule is CCc1ccc(CC)c(C(=O)CCC(F)(F)F)c1. The largest absolute Gasteiger partial charge is 0.389 e. The number of benzene rings is 1. The van der Waals surface area contributed by atoms with Crippen molar-refractivity contribution >= 4 is 5.78 Å². The third-order valence-corrected chi connectivity index (χ3v) is 2.90. The number of ketones is 1. The fourth-order valence-electron chi connectivity index (χ4n) is 1.80. The summed E-state index contributed by atoms with van der Waals surface area (Å²) in [5, 5.41) is 0. The molecule has 18 heavy (non-hydrogen) atoms. The van der Waals surface area contributed by atoms with Gasteiger partial charge in [-0.25, -0.2) is 0 Å². The first-order chi connectivity index (χ1) is 8.37. The van der Waals surface area contributed by atoms with E-state index in [2.05, 4.69) is 0 Å². The molecule has 0 amide bonds. The Balaban J connectivity index is 2.89. The molecule has 1 aromatic rings. The van der Waals surface area contributed by atoms with Gasteiger partial charge in [0.25, 0.3) is 0 Å². The van der Waals surface area contributed by atoms with E-state index in [9.17, 15) is 18.0 Å². The highest BCUT2D eigenvalue weighted by Crippen LogP contribution is 2.24. The van der Waals surface area contributed by atoms with Gasteiger partial charge in [0.1, 0.15) is 0 Å². The van der Waals surface area contributed by atoms with Gasteiger partial charge in [0.05, 0.1) is 6.42 Å². The summed E-state index contributed by atoms with van der Waals surface area (Å²) in [5.41, 5.74) is 2.24. The molecule has 0 radical (unpaired) electrons. The number of hydrogen-bond acceptors (Lipinski definition) is 1. The van der Waals surface area contributed by atoms with Gasteiger partial charge in [-0.05, 0) is 30.0 Å². The van der Waals surface area contributed by atoms with Gasteiger partial charge in [-0.2, -0.15) is 13.2 Å². The van der Waals surface area contributed by atoms with Crippen LogP contribution < -0.4 is 0 Å². The van der Waals surface area contributed by atoms with E-state index in [1.807, 2.05) is 26.0 Å². The van der Waals surface area contributed by atoms with Gasteiger partial charge < -0.3 is 0 Å². The van der Waals surface area contributed by atoms with E-state index in [0.29, 0.717) is 12.0 Å². The molecule has 0 aliphatic rings. The second kappa shape index (κ2) is 6.03. The zero-order chi connectivity index (χ0) is 13.8. The molecule has 1 aromatic carbocycles. The lowest BCUT2D eigenvalue weighted by molar-refractivity contribution is -0.133. The lowest BCUT2D eigenvalue weighted by Crippen LogP contribution is -2.12. The van der Waals surface area contributed by atoms with Crippen LogP contribution in [0.15, 0.2) is 18.2 Å². The molecule has 0 bridgehead atoms. The summed E-state index contributed by atoms with van der Waals surface area (Å²) in [6.07, 6.45) is -4.37. The minimum Gasteiger partial charge on any atom is -0.294 e. The highest BCUT2D eigenvalue weighted by atomic mass is 19.4. The minimum atomic E-state index is -4.27. The van der Waals surface area contributed by atoms with E-state index in [1.165, 1.54) is 0 Å². The van der Waals surface area contributed by atoms with Crippen molar-refractivity contribution in [2.75, 3.05) is 0 Å². The van der Waals surface area contributed by atoms with E-state index >= 15 is 0 Å². The number of alkyl halides is 3. The molecule has 0 fully saturated rings. The highest BCUT2D eigenvalue weighted by molar-refractivity contribution is 5.97. The Morgan fingerprint density at radius 2 is 1.83 bits per heavy atom. The monoisotopic (exact) mass is 258 g/mol. The van der Waals surface area contributed by atoms with Crippen LogP contribution in [-0.2, 0) is 12.8 Å². The number of carbonyl (C=O) groups is 1. The maximum Gasteiger partial charge on any atom is 0.389 e. The van der Waals surface area contributed by atoms with Crippen LogP contribution in [0.2, 0.25) is 0 Å². The van der Waals surface area contributed by atoms with Crippen molar-refractivity contribution in [3.8, 4) is 0 Å². The Bertz CT molecular complexity index is 422. The van der Waals surface area contributed by atoms with Crippen LogP contribution in [0.4, 0.5) is 13.2 Å². The quantitative estimate of drug-likeness (QED) is 0.718. The predicted molar refractivity (Wildman–Crippen MR) is 64.8 cm³/mol. The molecule has 0 aliphatic carbocycles. The third-order valence-electron chi connectivity index (χ3n) is 2.90. The Labute approximate surface area is 105 Å². The number of carbonyl (C=O) groups excluding carboxylic acids is 1. The van der Waals surface area contributed by atoms with E-state index in [1.54, 1.807) is 6.07 Å². The van der Waals surface area contributed by atoms with Gasteiger partial charge in [-0.1, -0.05) is 26.0 Å². The number of halogens is 3. The molecule has 0 heterocycles. The molecule has 0 saturated heterocycles. The highest BCUT2D eigenvalue weighted by Gasteiger charge is 2.28. The fourth-order valence-corrected chi connectivity index (χ4v) is 1.80. The van der Waals surface area contributed by atoms with Gasteiger partial charge >= 0.3 is 6.18 Å². The Morgan fingerprint density at radius 1 is 1.17 bits per heavy atom. The van der Waals surface area contributed by atoms with Crippen molar-refractivity contribution in [1.82, 2.24) is 0 Å². The van der Waals surface area contributed by atoms with Gasteiger partial charge in [0, 0.05) is 12.0 Å². The molecule has 1 nitrogen and oxygen atoms in total. The van der Waals surface area contributed by atoms with Crippen LogP contribution in [0, 0.1) is 0 Å². The third kappa shape index (κ3) is 4.17. The fraction of sp³-hybridized carbons (Fsp3) is 0.500. The molecule has 0 aliphatic heterocycles. The first-order valence-corrected chi connectivity index (χ1v) is 6.09. The Kier molecular flexibility index (Phi) is 4.93. The summed E-state index contributed by atoms with van der Waals surface area (Å²) in [6.45, 7) is 3.84. The molecule has 4 heteroatoms. The summed E-state index contributed by atoms with van der Waals surface area (Å²) in [4.78, 5) is 11.8. The van der Waals surface area contributed by atoms with E-state index < -0.39 is 24.8 Å². The maximum atomic E-state index is 12.1. The summed E-state index contributed by atoms with van der Waals surface area (Å²) < 4.78 is 36.3. The number of aryl methyl sites for hydroxylation is 2. The van der Waals surface area contributed by atoms with Crippen molar-refractivity contribution in [2.45, 2.75) is 45.7 Å². The standard InChI is InChI=1S/C14H17F3O/c1-3-10-5-6-11(4-2)12(9-10)13(18)7-8-14(15,16)17/h5-6,9H,3-4,7-8H2,1-2H3. The second-order valence-electron chi connectivity index (χ2n) is 4.24. The van der Waals surface area contributed by atoms with Crippen LogP contribution in [0.25, 0.3) is 0 Å². The van der Waals surface area contributed by atoms with E-state index in [0.717, 1.165) is 17.5 Å². The number of rotatable bonds is 5. The maximum absolute atomic E-state index is 12.1. The molecular formula is C14H17F3O. The predicted octanol–water partition coefficient (Wildman–Crippen LogP) is 4.34. The topological polar surface area (TPSA) is 17.1 Å². The minimum absolute atomic E-state index is 0.417. The Hall–Kier alpha value is -1.32. The molecule has 0 atom stereocenters. The number of Topliss-reactive ketones (excluding diaryl/α,β-unsaturated/α-hetero) is 1. The molecule has 0 N–H and O–H groups in total. The first-order valence-electron chi connectivity index (χ1n) is 6.09. The molecule has 100 valence electrons. The van der Waals surface area contributed by atoms with Crippen LogP contribution in [0.5, 0.6) is 0 Å². The first kappa shape index (κ1) is 14.7. The summed E-state index contributed by atoms with van der Waals surface area (Å²) >= 11 is 0. The van der Waals surface area contributed by atoms with Gasteiger partial charge in [-0.15, -0.1) is 0 Å². The van der Waals surface area contributed by atoms with Crippen molar-refractivity contribution < 1.29 is 18.0 Å². The van der Waals surface area contributed by atoms with Gasteiger partial charge in [-0.3, -0.25) is 4.79 Å². The molecule has 0 aromatic heterocycles. The lowest BCUT2D eigenvalue weighted by Gasteiger charge is -2.10. The summed E-state index contributed by atoms with van der Waals surface area (Å²) in [5.74, 6) is -0.417. The second-order valence-corrected chi connectivity index (χ2v) is 4.24. The molecule has 0 spiro atoms. The van der Waals surface area contributed by atoms with Crippen LogP contribution in [-0.4, -0.2) is 12.0 Å². The average Bonchev–Trinajstić information content (AvgIpc) is 2.34. The molecular weight excluding hydrogens is 241 g/mol. The number of hydrogen-bond donors (Lipinski definition) is 0. The zero-order valence-corrected chi connectivity index (χ0v) is 10.6. The van der Waals surface area contributed by atoms with Crippen molar-refractivity contribution in [3.63, 3.8) is 0 Å². The average molecular weight is 258 g/mol. The van der Waals surface area contributed by atoms with E-state index in [-0.39, 0.29) is 0 Å². The van der Waals surface area contributed by atoms with Gasteiger partial charge in [0.2, 0.25) is 0 Å². The van der Waals surface area contributed by atoms with Crippen LogP contribution in [0.1, 0.15) is 48.2 Å². The van der Waals surface area contributed by atoms with Crippen LogP contribution >= 0.6 is 0 Å². The summed E-state index contributed by atoms with van der Waals surface area (Å²) in [6, 6.07) is 5.47. The molecule has 0 unspecified atom stereocenters. The molecule has 0 saturated carbocycles. The Morgan fingerprint density at radius 3 is 2.33 bits per heavy atom.